The monoisotopic (exact) mass is 2000 g/mol. The molecule has 2 aliphatic heterocycles. The predicted octanol–water partition coefficient (Wildman–Crippen LogP) is 20.9. The summed E-state index contributed by atoms with van der Waals surface area (Å²) in [6, 6.07) is 45.9. The molecule has 2 heterocycles. The summed E-state index contributed by atoms with van der Waals surface area (Å²) < 4.78 is 32.4. The van der Waals surface area contributed by atoms with E-state index < -0.39 is 89.4 Å². The highest BCUT2D eigenvalue weighted by molar-refractivity contribution is 5.98. The zero-order chi connectivity index (χ0) is 104. The second-order valence-electron chi connectivity index (χ2n) is 43.9. The Hall–Kier alpha value is -10.1. The summed E-state index contributed by atoms with van der Waals surface area (Å²) in [5, 5.41) is 24.0. The van der Waals surface area contributed by atoms with Gasteiger partial charge in [0.05, 0.1) is 26.4 Å². The van der Waals surface area contributed by atoms with Crippen molar-refractivity contribution in [3.63, 3.8) is 0 Å². The highest BCUT2D eigenvalue weighted by Crippen LogP contribution is 2.33. The third kappa shape index (κ3) is 50.5. The van der Waals surface area contributed by atoms with E-state index in [9.17, 15) is 9.59 Å². The summed E-state index contributed by atoms with van der Waals surface area (Å²) in [6.45, 7) is 40.7. The summed E-state index contributed by atoms with van der Waals surface area (Å²) >= 11 is 0. The predicted molar refractivity (Wildman–Crippen MR) is 585 cm³/mol. The maximum Gasteiger partial charge on any atom is 0.408 e. The van der Waals surface area contributed by atoms with Crippen LogP contribution >= 0.6 is 0 Å². The fraction of sp³-hybridized carbons (Fsp3) is 0.633. The Bertz CT molecular complexity index is 4630. The molecule has 2 aliphatic rings. The lowest BCUT2D eigenvalue weighted by atomic mass is 9.97. The second-order valence-corrected chi connectivity index (χ2v) is 43.9. The molecule has 0 spiro atoms. The number of hydrogen-bond donors (Lipinski definition) is 8. The van der Waals surface area contributed by atoms with E-state index in [1.165, 1.54) is 60.8 Å². The SMILES string of the molecule is CCCNC(=O)[C@H](CC(C)C)NC(=O)[C@H](Cc1ccc2c(c1)OCCCCCCN(Cc1ccccc1)CCCCCCN(Cc1ccccc1)CCCCCCO2)NC(=O)[C@H](CC(C)C)NC(=O)[C@H](CC(C)C)NC(=O)[C@H](CC(C)C)NC(=O)[C@H](Cc1ccc2c(c1)OCCCCCCN(Cc1ccccc1)CCCCCCN(Cc1ccccc1)CCCCCCO2)NC(=O)[C@H](CC(C)C)NC(=O)OC(C)(C)C. The van der Waals surface area contributed by atoms with Crippen molar-refractivity contribution in [2.75, 3.05) is 85.3 Å². The molecule has 145 heavy (non-hydrogen) atoms. The molecular weight excluding hydrogens is 1820 g/mol. The van der Waals surface area contributed by atoms with Gasteiger partial charge in [-0.3, -0.25) is 53.2 Å². The van der Waals surface area contributed by atoms with E-state index in [4.69, 9.17) is 23.7 Å². The molecule has 8 amide bonds. The minimum atomic E-state index is -1.35. The van der Waals surface area contributed by atoms with Gasteiger partial charge in [0.2, 0.25) is 41.4 Å². The Morgan fingerprint density at radius 1 is 0.276 bits per heavy atom. The quantitative estimate of drug-likeness (QED) is 0.0179. The first-order chi connectivity index (χ1) is 69.9. The standard InChI is InChI=1S/C120H186N12O13/c1-15-64-121-112(133)101(77-90(2)3)122-117(138)106(82-99-60-62-108-110(84-99)143-75-50-26-22-46-71-131(88-97-56-36-30-37-57-97)67-42-18-16-40-65-129(69-44-20-24-48-73-141-108)86-95-52-32-28-33-53-95)126-115(136)104(80-93(8)9)124-113(134)102(78-91(4)5)123-114(135)103(79-92(6)7)125-118(139)107(127-116(137)105(81-94(10)11)128-119(140)145-120(12,13)14)83-100-61-63-109-111(85-100)144-76-51-27-23-47-72-132(89-98-58-38-31-39-59-98)68-43-19-17-41-66-130(70-45-21-25-49-74-142-109)87-96-54-34-29-35-55-96/h28-39,52-63,84-85,90-94,101-107H,15-27,40-51,64-83,86-89H2,1-14H3,(H,121,133)(H,122,138)(H,123,135)(H,124,134)(H,125,139)(H,126,136)(H,127,137)(H,128,140)/t101-,102-,103-,104-,105-,106-,107-/m0/s1. The van der Waals surface area contributed by atoms with Crippen molar-refractivity contribution < 1.29 is 62.0 Å². The van der Waals surface area contributed by atoms with Crippen molar-refractivity contribution in [3.05, 3.63) is 191 Å². The Morgan fingerprint density at radius 2 is 0.503 bits per heavy atom. The molecule has 25 nitrogen and oxygen atoms in total. The Labute approximate surface area is 872 Å². The summed E-state index contributed by atoms with van der Waals surface area (Å²) in [7, 11) is 0. The lowest BCUT2D eigenvalue weighted by Gasteiger charge is -2.29. The molecular formula is C120H186N12O13. The number of benzene rings is 6. The van der Waals surface area contributed by atoms with Crippen LogP contribution in [0.3, 0.4) is 0 Å². The van der Waals surface area contributed by atoms with Crippen LogP contribution in [0.5, 0.6) is 23.0 Å². The number of ether oxygens (including phenoxy) is 5. The number of nitrogens with zero attached hydrogens (tertiary/aromatic N) is 4. The molecule has 8 N–H and O–H groups in total. The Balaban J connectivity index is 1.04. The maximum atomic E-state index is 15.7. The fourth-order valence-corrected chi connectivity index (χ4v) is 19.1. The van der Waals surface area contributed by atoms with Crippen LogP contribution in [0.15, 0.2) is 158 Å². The molecule has 6 aromatic rings. The van der Waals surface area contributed by atoms with Crippen LogP contribution in [0.25, 0.3) is 0 Å². The van der Waals surface area contributed by atoms with Crippen molar-refractivity contribution in [1.29, 1.82) is 0 Å². The molecule has 0 saturated carbocycles. The average Bonchev–Trinajstić information content (AvgIpc) is 0.833. The van der Waals surface area contributed by atoms with E-state index in [1.807, 2.05) is 113 Å². The number of carbonyl (C=O) groups is 8. The van der Waals surface area contributed by atoms with Gasteiger partial charge in [0, 0.05) is 45.6 Å². The first-order valence-corrected chi connectivity index (χ1v) is 55.8. The lowest BCUT2D eigenvalue weighted by molar-refractivity contribution is -0.136. The number of nitrogens with one attached hydrogen (secondary N) is 8. The molecule has 0 bridgehead atoms. The van der Waals surface area contributed by atoms with Crippen molar-refractivity contribution in [1.82, 2.24) is 62.1 Å². The van der Waals surface area contributed by atoms with Gasteiger partial charge in [-0.05, 0) is 276 Å². The summed E-state index contributed by atoms with van der Waals surface area (Å²) in [4.78, 5) is 131. The molecule has 0 aromatic heterocycles. The van der Waals surface area contributed by atoms with Gasteiger partial charge in [0.15, 0.2) is 23.0 Å². The lowest BCUT2D eigenvalue weighted by Crippen LogP contribution is -2.61. The molecule has 0 aliphatic carbocycles. The molecule has 0 saturated heterocycles. The topological polar surface area (TPSA) is 292 Å². The van der Waals surface area contributed by atoms with Gasteiger partial charge in [0.25, 0.3) is 0 Å². The third-order valence-corrected chi connectivity index (χ3v) is 26.7. The number of hydrogen-bond acceptors (Lipinski definition) is 17. The molecule has 0 fully saturated rings. The van der Waals surface area contributed by atoms with E-state index >= 15 is 28.8 Å². The Morgan fingerprint density at radius 3 is 0.752 bits per heavy atom. The summed E-state index contributed by atoms with van der Waals surface area (Å²) in [6.07, 6.45) is 25.7. The van der Waals surface area contributed by atoms with Gasteiger partial charge in [0.1, 0.15) is 47.9 Å². The average molecular weight is 2000 g/mol. The number of rotatable bonds is 38. The van der Waals surface area contributed by atoms with Gasteiger partial charge in [-0.25, -0.2) is 4.79 Å². The fourth-order valence-electron chi connectivity index (χ4n) is 19.1. The molecule has 25 heteroatoms. The smallest absolute Gasteiger partial charge is 0.408 e. The zero-order valence-electron chi connectivity index (χ0n) is 91.2. The van der Waals surface area contributed by atoms with Gasteiger partial charge in [-0.1, -0.05) is 287 Å². The number of fused-ring (bicyclic) bond motifs is 2. The van der Waals surface area contributed by atoms with Crippen molar-refractivity contribution in [2.24, 2.45) is 29.6 Å². The molecule has 7 atom stereocenters. The van der Waals surface area contributed by atoms with Crippen LogP contribution in [0, 0.1) is 29.6 Å². The van der Waals surface area contributed by atoms with E-state index in [2.05, 4.69) is 183 Å². The first kappa shape index (κ1) is 120. The van der Waals surface area contributed by atoms with Crippen LogP contribution in [0.1, 0.15) is 323 Å². The first-order valence-electron chi connectivity index (χ1n) is 55.8. The van der Waals surface area contributed by atoms with Crippen LogP contribution in [-0.2, 0) is 77.3 Å². The highest BCUT2D eigenvalue weighted by Gasteiger charge is 2.37. The minimum Gasteiger partial charge on any atom is -0.490 e. The second kappa shape index (κ2) is 68.5. The number of alkyl carbamates (subject to hydrolysis) is 1. The van der Waals surface area contributed by atoms with Crippen LogP contribution in [-0.4, -0.2) is 200 Å². The third-order valence-electron chi connectivity index (χ3n) is 26.7. The molecule has 804 valence electrons. The van der Waals surface area contributed by atoms with Gasteiger partial charge < -0.3 is 66.2 Å². The van der Waals surface area contributed by atoms with E-state index in [1.54, 1.807) is 20.8 Å². The normalized spacial score (nSPS) is 17.4. The van der Waals surface area contributed by atoms with Crippen LogP contribution < -0.4 is 61.5 Å². The van der Waals surface area contributed by atoms with Gasteiger partial charge in [-0.2, -0.15) is 0 Å². The summed E-state index contributed by atoms with van der Waals surface area (Å²) in [5.41, 5.74) is 5.70. The van der Waals surface area contributed by atoms with Crippen LogP contribution in [0.2, 0.25) is 0 Å². The van der Waals surface area contributed by atoms with Crippen molar-refractivity contribution in [3.8, 4) is 23.0 Å². The van der Waals surface area contributed by atoms with E-state index in [0.29, 0.717) is 79.9 Å². The number of amides is 8. The maximum absolute atomic E-state index is 15.7. The number of carbonyl (C=O) groups excluding carboxylic acids is 8. The minimum absolute atomic E-state index is 0.00170. The molecule has 6 aromatic carbocycles. The van der Waals surface area contributed by atoms with Crippen molar-refractivity contribution in [2.45, 2.75) is 376 Å². The zero-order valence-corrected chi connectivity index (χ0v) is 91.2. The molecule has 0 unspecified atom stereocenters. The van der Waals surface area contributed by atoms with E-state index in [0.717, 1.165) is 194 Å². The van der Waals surface area contributed by atoms with Gasteiger partial charge in [-0.15, -0.1) is 0 Å². The van der Waals surface area contributed by atoms with E-state index in [-0.39, 0.29) is 74.0 Å². The van der Waals surface area contributed by atoms with Crippen LogP contribution in [0.4, 0.5) is 4.79 Å². The Kier molecular flexibility index (Phi) is 56.7. The largest absolute Gasteiger partial charge is 0.490 e. The molecule has 0 radical (unpaired) electrons. The van der Waals surface area contributed by atoms with Gasteiger partial charge >= 0.3 is 6.09 Å². The highest BCUT2D eigenvalue weighted by atomic mass is 16.6. The molecule has 8 rings (SSSR count). The van der Waals surface area contributed by atoms with Crippen molar-refractivity contribution >= 4 is 47.4 Å². The summed E-state index contributed by atoms with van der Waals surface area (Å²) in [5.74, 6) is -2.75.